The average molecular weight is 339 g/mol. The third-order valence-corrected chi connectivity index (χ3v) is 5.21. The second kappa shape index (κ2) is 8.99. The van der Waals surface area contributed by atoms with Crippen LogP contribution in [0, 0.1) is 19.7 Å². The molecule has 0 bridgehead atoms. The minimum absolute atomic E-state index is 0.115. The summed E-state index contributed by atoms with van der Waals surface area (Å²) in [5, 5.41) is 0. The zero-order valence-electron chi connectivity index (χ0n) is 16.3. The topological polar surface area (TPSA) is 0 Å². The third-order valence-electron chi connectivity index (χ3n) is 5.21. The fourth-order valence-corrected chi connectivity index (χ4v) is 3.45. The van der Waals surface area contributed by atoms with Gasteiger partial charge in [0.2, 0.25) is 0 Å². The first kappa shape index (κ1) is 19.4. The molecule has 2 rings (SSSR count). The van der Waals surface area contributed by atoms with Crippen LogP contribution in [0.25, 0.3) is 5.57 Å². The predicted molar refractivity (Wildman–Crippen MR) is 108 cm³/mol. The van der Waals surface area contributed by atoms with Gasteiger partial charge in [-0.2, -0.15) is 0 Å². The summed E-state index contributed by atoms with van der Waals surface area (Å²) in [5.41, 5.74) is 6.50. The Morgan fingerprint density at radius 1 is 1.08 bits per heavy atom. The maximum Gasteiger partial charge on any atom is 0.131 e. The lowest BCUT2D eigenvalue weighted by Gasteiger charge is -2.20. The summed E-state index contributed by atoms with van der Waals surface area (Å²) < 4.78 is 14.9. The van der Waals surface area contributed by atoms with E-state index in [-0.39, 0.29) is 5.82 Å². The van der Waals surface area contributed by atoms with E-state index in [1.165, 1.54) is 11.1 Å². The number of aryl methyl sites for hydroxylation is 1. The van der Waals surface area contributed by atoms with Gasteiger partial charge in [-0.3, -0.25) is 0 Å². The van der Waals surface area contributed by atoms with Crippen molar-refractivity contribution in [3.63, 3.8) is 0 Å². The molecule has 0 N–H and O–H groups in total. The van der Waals surface area contributed by atoms with Gasteiger partial charge in [-0.25, -0.2) is 4.39 Å². The Balaban J connectivity index is 2.66. The Morgan fingerprint density at radius 3 is 2.44 bits per heavy atom. The van der Waals surface area contributed by atoms with Gasteiger partial charge in [0.05, 0.1) is 0 Å². The molecule has 0 saturated heterocycles. The van der Waals surface area contributed by atoms with Crippen LogP contribution in [0.15, 0.2) is 42.5 Å². The van der Waals surface area contributed by atoms with Crippen molar-refractivity contribution in [3.8, 4) is 0 Å². The molecule has 0 nitrogen and oxygen atoms in total. The fraction of sp³-hybridized carbons (Fsp3) is 0.417. The highest BCUT2D eigenvalue weighted by atomic mass is 19.1. The summed E-state index contributed by atoms with van der Waals surface area (Å²) in [4.78, 5) is 0. The third kappa shape index (κ3) is 4.39. The SMILES string of the molecule is CCCCC=C(c1ccccc1C)c1c(F)ccc(C(C)CC)c1C. The summed E-state index contributed by atoms with van der Waals surface area (Å²) in [6.45, 7) is 10.8. The summed E-state index contributed by atoms with van der Waals surface area (Å²) >= 11 is 0. The van der Waals surface area contributed by atoms with E-state index in [4.69, 9.17) is 0 Å². The first-order valence-electron chi connectivity index (χ1n) is 9.56. The van der Waals surface area contributed by atoms with E-state index in [1.54, 1.807) is 6.07 Å². The minimum Gasteiger partial charge on any atom is -0.206 e. The summed E-state index contributed by atoms with van der Waals surface area (Å²) in [5.74, 6) is 0.323. The molecular formula is C24H31F. The smallest absolute Gasteiger partial charge is 0.131 e. The summed E-state index contributed by atoms with van der Waals surface area (Å²) in [7, 11) is 0. The molecule has 0 heterocycles. The molecule has 1 unspecified atom stereocenters. The van der Waals surface area contributed by atoms with Crippen molar-refractivity contribution >= 4 is 5.57 Å². The molecule has 1 atom stereocenters. The Bertz CT molecular complexity index is 740. The largest absolute Gasteiger partial charge is 0.206 e. The van der Waals surface area contributed by atoms with Crippen LogP contribution in [0.2, 0.25) is 0 Å². The average Bonchev–Trinajstić information content (AvgIpc) is 2.60. The molecule has 134 valence electrons. The lowest BCUT2D eigenvalue weighted by Crippen LogP contribution is -2.04. The number of allylic oxidation sites excluding steroid dienone is 1. The molecular weight excluding hydrogens is 307 g/mol. The number of hydrogen-bond acceptors (Lipinski definition) is 0. The standard InChI is InChI=1S/C24H31F/c1-6-8-9-14-22(21-13-11-10-12-18(21)4)24-19(5)20(17(3)7-2)15-16-23(24)25/h10-17H,6-9H2,1-5H3. The van der Waals surface area contributed by atoms with Gasteiger partial charge >= 0.3 is 0 Å². The van der Waals surface area contributed by atoms with Crippen molar-refractivity contribution in [2.24, 2.45) is 0 Å². The molecule has 0 aliphatic carbocycles. The molecule has 0 aliphatic heterocycles. The highest BCUT2D eigenvalue weighted by Gasteiger charge is 2.18. The van der Waals surface area contributed by atoms with Crippen LogP contribution in [-0.4, -0.2) is 0 Å². The number of hydrogen-bond donors (Lipinski definition) is 0. The Hall–Kier alpha value is -1.89. The highest BCUT2D eigenvalue weighted by molar-refractivity contribution is 5.83. The maximum absolute atomic E-state index is 14.9. The first-order chi connectivity index (χ1) is 12.0. The van der Waals surface area contributed by atoms with Crippen molar-refractivity contribution in [1.29, 1.82) is 0 Å². The van der Waals surface area contributed by atoms with Crippen molar-refractivity contribution in [2.45, 2.75) is 66.2 Å². The van der Waals surface area contributed by atoms with E-state index in [1.807, 2.05) is 18.2 Å². The monoisotopic (exact) mass is 338 g/mol. The van der Waals surface area contributed by atoms with Crippen molar-refractivity contribution in [1.82, 2.24) is 0 Å². The highest BCUT2D eigenvalue weighted by Crippen LogP contribution is 2.35. The van der Waals surface area contributed by atoms with Crippen LogP contribution in [0.5, 0.6) is 0 Å². The number of halogens is 1. The van der Waals surface area contributed by atoms with Crippen LogP contribution in [-0.2, 0) is 0 Å². The number of unbranched alkanes of at least 4 members (excludes halogenated alkanes) is 2. The summed E-state index contributed by atoms with van der Waals surface area (Å²) in [6.07, 6.45) is 6.54. The van der Waals surface area contributed by atoms with Gasteiger partial charge in [-0.1, -0.05) is 70.0 Å². The Kier molecular flexibility index (Phi) is 6.99. The van der Waals surface area contributed by atoms with E-state index in [0.29, 0.717) is 5.92 Å². The Labute approximate surface area is 152 Å². The molecule has 2 aromatic rings. The quantitative estimate of drug-likeness (QED) is 0.456. The van der Waals surface area contributed by atoms with Gasteiger partial charge in [0.25, 0.3) is 0 Å². The van der Waals surface area contributed by atoms with Gasteiger partial charge in [0.15, 0.2) is 0 Å². The lowest BCUT2D eigenvalue weighted by atomic mass is 9.85. The van der Waals surface area contributed by atoms with Crippen LogP contribution >= 0.6 is 0 Å². The van der Waals surface area contributed by atoms with E-state index in [2.05, 4.69) is 52.8 Å². The molecule has 0 fully saturated rings. The summed E-state index contributed by atoms with van der Waals surface area (Å²) in [6, 6.07) is 11.9. The first-order valence-corrected chi connectivity index (χ1v) is 9.56. The van der Waals surface area contributed by atoms with Crippen molar-refractivity contribution < 1.29 is 4.39 Å². The molecule has 0 spiro atoms. The van der Waals surface area contributed by atoms with Crippen molar-refractivity contribution in [3.05, 3.63) is 76.1 Å². The van der Waals surface area contributed by atoms with Crippen molar-refractivity contribution in [2.75, 3.05) is 0 Å². The molecule has 0 aromatic heterocycles. The van der Waals surface area contributed by atoms with Crippen LogP contribution in [0.4, 0.5) is 4.39 Å². The van der Waals surface area contributed by atoms with Crippen LogP contribution in [0.1, 0.15) is 80.2 Å². The lowest BCUT2D eigenvalue weighted by molar-refractivity contribution is 0.618. The number of rotatable bonds is 7. The maximum atomic E-state index is 14.9. The molecule has 0 amide bonds. The molecule has 25 heavy (non-hydrogen) atoms. The molecule has 0 aliphatic rings. The second-order valence-corrected chi connectivity index (χ2v) is 7.02. The van der Waals surface area contributed by atoms with Gasteiger partial charge in [0.1, 0.15) is 5.82 Å². The Morgan fingerprint density at radius 2 is 1.80 bits per heavy atom. The van der Waals surface area contributed by atoms with E-state index in [9.17, 15) is 4.39 Å². The van der Waals surface area contributed by atoms with Gasteiger partial charge in [0, 0.05) is 5.56 Å². The normalized spacial score (nSPS) is 13.1. The molecule has 1 heteroatoms. The van der Waals surface area contributed by atoms with E-state index in [0.717, 1.165) is 47.9 Å². The molecule has 0 radical (unpaired) electrons. The van der Waals surface area contributed by atoms with Gasteiger partial charge in [-0.15, -0.1) is 0 Å². The zero-order chi connectivity index (χ0) is 18.4. The van der Waals surface area contributed by atoms with E-state index < -0.39 is 0 Å². The van der Waals surface area contributed by atoms with E-state index >= 15 is 0 Å². The fourth-order valence-electron chi connectivity index (χ4n) is 3.45. The molecule has 0 saturated carbocycles. The zero-order valence-corrected chi connectivity index (χ0v) is 16.3. The number of benzene rings is 2. The van der Waals surface area contributed by atoms with Crippen LogP contribution in [0.3, 0.4) is 0 Å². The van der Waals surface area contributed by atoms with Gasteiger partial charge in [-0.05, 0) is 66.5 Å². The van der Waals surface area contributed by atoms with Crippen LogP contribution < -0.4 is 0 Å². The second-order valence-electron chi connectivity index (χ2n) is 7.02. The predicted octanol–water partition coefficient (Wildman–Crippen LogP) is 7.58. The molecule has 2 aromatic carbocycles. The minimum atomic E-state index is -0.115. The van der Waals surface area contributed by atoms with Gasteiger partial charge < -0.3 is 0 Å².